The summed E-state index contributed by atoms with van der Waals surface area (Å²) in [7, 11) is 0. The third-order valence-electron chi connectivity index (χ3n) is 1.16. The second kappa shape index (κ2) is 6.27. The fourth-order valence-corrected chi connectivity index (χ4v) is 0.582. The number of carbonyl (C=O) groups excluding carboxylic acids is 1. The molecule has 0 saturated carbocycles. The number of rotatable bonds is 4. The average Bonchev–Trinajstić information content (AvgIpc) is 1.97. The van der Waals surface area contributed by atoms with Crippen molar-refractivity contribution in [1.82, 2.24) is 0 Å². The lowest BCUT2D eigenvalue weighted by Gasteiger charge is -1.87. The molecule has 0 radical (unpaired) electrons. The lowest BCUT2D eigenvalue weighted by atomic mass is 10.2. The number of carbonyl (C=O) groups is 1. The van der Waals surface area contributed by atoms with Crippen LogP contribution in [0.5, 0.6) is 0 Å². The van der Waals surface area contributed by atoms with E-state index < -0.39 is 0 Å². The summed E-state index contributed by atoms with van der Waals surface area (Å²) in [5.74, 6) is 0.274. The third-order valence-corrected chi connectivity index (χ3v) is 1.16. The molecule has 0 aromatic rings. The highest BCUT2D eigenvalue weighted by Crippen LogP contribution is 1.92. The topological polar surface area (TPSA) is 17.1 Å². The molecule has 0 N–H and O–H groups in total. The van der Waals surface area contributed by atoms with Crippen LogP contribution < -0.4 is 0 Å². The van der Waals surface area contributed by atoms with E-state index in [4.69, 9.17) is 0 Å². The molecule has 0 amide bonds. The van der Waals surface area contributed by atoms with Crippen LogP contribution in [-0.2, 0) is 4.79 Å². The van der Waals surface area contributed by atoms with Gasteiger partial charge in [0.05, 0.1) is 0 Å². The molecular weight excluding hydrogens is 124 g/mol. The molecule has 0 aromatic carbocycles. The van der Waals surface area contributed by atoms with Crippen LogP contribution in [0.4, 0.5) is 0 Å². The highest BCUT2D eigenvalue weighted by atomic mass is 16.1. The first-order valence-corrected chi connectivity index (χ1v) is 3.55. The van der Waals surface area contributed by atoms with Crippen LogP contribution in [0.3, 0.4) is 0 Å². The quantitative estimate of drug-likeness (QED) is 0.545. The maximum absolute atomic E-state index is 10.9. The number of hydrogen-bond donors (Lipinski definition) is 0. The Morgan fingerprint density at radius 3 is 1.80 bits per heavy atom. The van der Waals surface area contributed by atoms with Gasteiger partial charge in [-0.2, -0.15) is 0 Å². The van der Waals surface area contributed by atoms with Crippen LogP contribution in [0.15, 0.2) is 24.3 Å². The Hall–Kier alpha value is -0.850. The summed E-state index contributed by atoms with van der Waals surface area (Å²) in [5, 5.41) is 0. The molecule has 0 saturated heterocycles. The number of allylic oxidation sites excluding steroid dienone is 4. The lowest BCUT2D eigenvalue weighted by molar-refractivity contribution is -0.117. The molecule has 56 valence electrons. The zero-order valence-electron chi connectivity index (χ0n) is 6.63. The zero-order valence-corrected chi connectivity index (χ0v) is 6.63. The van der Waals surface area contributed by atoms with Gasteiger partial charge in [-0.05, 0) is 13.8 Å². The molecule has 0 unspecified atom stereocenters. The van der Waals surface area contributed by atoms with E-state index in [1.165, 1.54) is 0 Å². The first-order chi connectivity index (χ1) is 4.81. The van der Waals surface area contributed by atoms with Gasteiger partial charge in [-0.15, -0.1) is 0 Å². The number of hydrogen-bond acceptors (Lipinski definition) is 1. The van der Waals surface area contributed by atoms with Crippen molar-refractivity contribution in [3.05, 3.63) is 24.3 Å². The first kappa shape index (κ1) is 9.15. The van der Waals surface area contributed by atoms with Crippen molar-refractivity contribution in [3.8, 4) is 0 Å². The smallest absolute Gasteiger partial charge is 0.140 e. The van der Waals surface area contributed by atoms with Crippen LogP contribution in [0.1, 0.15) is 26.7 Å². The summed E-state index contributed by atoms with van der Waals surface area (Å²) in [6, 6.07) is 0. The fraction of sp³-hybridized carbons (Fsp3) is 0.444. The van der Waals surface area contributed by atoms with Gasteiger partial charge >= 0.3 is 0 Å². The molecule has 1 heteroatoms. The molecule has 0 atom stereocenters. The fourth-order valence-electron chi connectivity index (χ4n) is 0.582. The van der Waals surface area contributed by atoms with Gasteiger partial charge < -0.3 is 0 Å². The summed E-state index contributed by atoms with van der Waals surface area (Å²) >= 11 is 0. The van der Waals surface area contributed by atoms with Crippen molar-refractivity contribution < 1.29 is 4.79 Å². The first-order valence-electron chi connectivity index (χ1n) is 3.55. The molecular formula is C9H14O. The second-order valence-electron chi connectivity index (χ2n) is 2.08. The molecule has 0 aliphatic rings. The Kier molecular flexibility index (Phi) is 5.74. The zero-order chi connectivity index (χ0) is 7.82. The summed E-state index contributed by atoms with van der Waals surface area (Å²) in [4.78, 5) is 10.9. The maximum atomic E-state index is 10.9. The molecule has 1 nitrogen and oxygen atoms in total. The predicted molar refractivity (Wildman–Crippen MR) is 43.9 cm³/mol. The highest BCUT2D eigenvalue weighted by Gasteiger charge is 1.92. The van der Waals surface area contributed by atoms with Crippen molar-refractivity contribution >= 4 is 5.78 Å². The van der Waals surface area contributed by atoms with Gasteiger partial charge in [0, 0.05) is 12.8 Å². The van der Waals surface area contributed by atoms with Crippen molar-refractivity contribution in [2.75, 3.05) is 0 Å². The normalized spacial score (nSPS) is 11.4. The molecule has 0 bridgehead atoms. The molecule has 0 spiro atoms. The minimum atomic E-state index is 0.274. The van der Waals surface area contributed by atoms with Crippen LogP contribution in [0, 0.1) is 0 Å². The van der Waals surface area contributed by atoms with Gasteiger partial charge in [0.2, 0.25) is 0 Å². The van der Waals surface area contributed by atoms with Gasteiger partial charge in [0.15, 0.2) is 0 Å². The van der Waals surface area contributed by atoms with Gasteiger partial charge in [0.1, 0.15) is 5.78 Å². The SMILES string of the molecule is C/C=C\CC(=O)C/C=C\C. The molecule has 0 aliphatic carbocycles. The lowest BCUT2D eigenvalue weighted by Crippen LogP contribution is -1.91. The average molecular weight is 138 g/mol. The van der Waals surface area contributed by atoms with E-state index in [1.54, 1.807) is 0 Å². The van der Waals surface area contributed by atoms with E-state index in [2.05, 4.69) is 0 Å². The minimum Gasteiger partial charge on any atom is -0.299 e. The third kappa shape index (κ3) is 5.29. The van der Waals surface area contributed by atoms with Crippen molar-refractivity contribution in [2.24, 2.45) is 0 Å². The predicted octanol–water partition coefficient (Wildman–Crippen LogP) is 2.49. The van der Waals surface area contributed by atoms with Crippen LogP contribution in [-0.4, -0.2) is 5.78 Å². The van der Waals surface area contributed by atoms with Crippen molar-refractivity contribution in [3.63, 3.8) is 0 Å². The maximum Gasteiger partial charge on any atom is 0.140 e. The van der Waals surface area contributed by atoms with Crippen LogP contribution in [0.2, 0.25) is 0 Å². The molecule has 0 fully saturated rings. The van der Waals surface area contributed by atoms with Crippen molar-refractivity contribution in [2.45, 2.75) is 26.7 Å². The van der Waals surface area contributed by atoms with E-state index in [1.807, 2.05) is 38.2 Å². The largest absolute Gasteiger partial charge is 0.299 e. The summed E-state index contributed by atoms with van der Waals surface area (Å²) < 4.78 is 0. The summed E-state index contributed by atoms with van der Waals surface area (Å²) in [5.41, 5.74) is 0. The van der Waals surface area contributed by atoms with E-state index in [-0.39, 0.29) is 5.78 Å². The molecule has 0 heterocycles. The van der Waals surface area contributed by atoms with E-state index in [0.29, 0.717) is 12.8 Å². The van der Waals surface area contributed by atoms with E-state index >= 15 is 0 Å². The van der Waals surface area contributed by atoms with Gasteiger partial charge in [-0.1, -0.05) is 24.3 Å². The molecule has 0 rings (SSSR count). The Morgan fingerprint density at radius 1 is 1.10 bits per heavy atom. The summed E-state index contributed by atoms with van der Waals surface area (Å²) in [6.45, 7) is 3.84. The van der Waals surface area contributed by atoms with Crippen LogP contribution >= 0.6 is 0 Å². The Balaban J connectivity index is 3.44. The van der Waals surface area contributed by atoms with Gasteiger partial charge in [0.25, 0.3) is 0 Å². The van der Waals surface area contributed by atoms with Crippen LogP contribution in [0.25, 0.3) is 0 Å². The Labute approximate surface area is 62.4 Å². The van der Waals surface area contributed by atoms with Gasteiger partial charge in [-0.3, -0.25) is 4.79 Å². The standard InChI is InChI=1S/C9H14O/c1-3-5-7-9(10)8-6-4-2/h3-6H,7-8H2,1-2H3/b5-3-,6-4-. The van der Waals surface area contributed by atoms with Gasteiger partial charge in [-0.25, -0.2) is 0 Å². The highest BCUT2D eigenvalue weighted by molar-refractivity contribution is 5.81. The Morgan fingerprint density at radius 2 is 1.50 bits per heavy atom. The van der Waals surface area contributed by atoms with E-state index in [9.17, 15) is 4.79 Å². The molecule has 0 aliphatic heterocycles. The minimum absolute atomic E-state index is 0.274. The van der Waals surface area contributed by atoms with Crippen molar-refractivity contribution in [1.29, 1.82) is 0 Å². The Bertz CT molecular complexity index is 127. The number of Topliss-reactive ketones (excluding diaryl/α,β-unsaturated/α-hetero) is 1. The molecule has 0 aromatic heterocycles. The summed E-state index contributed by atoms with van der Waals surface area (Å²) in [6.07, 6.45) is 8.69. The monoisotopic (exact) mass is 138 g/mol. The molecule has 10 heavy (non-hydrogen) atoms. The second-order valence-corrected chi connectivity index (χ2v) is 2.08. The number of ketones is 1. The van der Waals surface area contributed by atoms with E-state index in [0.717, 1.165) is 0 Å².